The smallest absolute Gasteiger partial charge is 0.322 e. The Bertz CT molecular complexity index is 1050. The molecule has 2 aromatic rings. The van der Waals surface area contributed by atoms with Gasteiger partial charge in [-0.15, -0.1) is 0 Å². The third-order valence-electron chi connectivity index (χ3n) is 3.60. The Labute approximate surface area is 151 Å². The molecule has 0 radical (unpaired) electrons. The lowest BCUT2D eigenvalue weighted by Crippen LogP contribution is -2.45. The fourth-order valence-electron chi connectivity index (χ4n) is 2.51. The molecule has 0 heterocycles. The Kier molecular flexibility index (Phi) is 5.56. The van der Waals surface area contributed by atoms with Crippen LogP contribution in [-0.4, -0.2) is 58.4 Å². The maximum atomic E-state index is 12.7. The average Bonchev–Trinajstić information content (AvgIpc) is 2.51. The monoisotopic (exact) mass is 402 g/mol. The Balaban J connectivity index is 2.56. The highest BCUT2D eigenvalue weighted by molar-refractivity contribution is 7.90. The van der Waals surface area contributed by atoms with Gasteiger partial charge < -0.3 is 10.0 Å². The highest BCUT2D eigenvalue weighted by Gasteiger charge is 2.30. The zero-order valence-electron chi connectivity index (χ0n) is 13.9. The Morgan fingerprint density at radius 3 is 2.19 bits per heavy atom. The van der Waals surface area contributed by atoms with Gasteiger partial charge in [-0.3, -0.25) is 9.35 Å². The van der Waals surface area contributed by atoms with Gasteiger partial charge in [0.25, 0.3) is 10.1 Å². The summed E-state index contributed by atoms with van der Waals surface area (Å²) in [5, 5.41) is 10.0. The molecule has 2 aromatic carbocycles. The quantitative estimate of drug-likeness (QED) is 0.569. The molecule has 9 nitrogen and oxygen atoms in total. The van der Waals surface area contributed by atoms with E-state index in [0.717, 1.165) is 5.69 Å². The van der Waals surface area contributed by atoms with E-state index >= 15 is 0 Å². The lowest BCUT2D eigenvalue weighted by Gasteiger charge is -2.18. The van der Waals surface area contributed by atoms with Crippen LogP contribution in [0, 0.1) is 0 Å². The van der Waals surface area contributed by atoms with Crippen molar-refractivity contribution in [2.75, 3.05) is 24.7 Å². The van der Waals surface area contributed by atoms with Crippen molar-refractivity contribution < 1.29 is 31.3 Å². The second kappa shape index (κ2) is 7.19. The molecule has 0 saturated heterocycles. The van der Waals surface area contributed by atoms with Crippen LogP contribution in [0.2, 0.25) is 0 Å². The highest BCUT2D eigenvalue weighted by atomic mass is 32.2. The van der Waals surface area contributed by atoms with Gasteiger partial charge in [0.15, 0.2) is 0 Å². The van der Waals surface area contributed by atoms with Crippen LogP contribution in [0.4, 0.5) is 5.69 Å². The minimum atomic E-state index is -4.70. The fraction of sp³-hybridized carbons (Fsp3) is 0.267. The summed E-state index contributed by atoms with van der Waals surface area (Å²) in [7, 11) is -5.48. The normalized spacial score (nSPS) is 13.5. The first-order valence-corrected chi connectivity index (χ1v) is 10.4. The van der Waals surface area contributed by atoms with Crippen LogP contribution in [0.15, 0.2) is 41.3 Å². The SMILES string of the molecule is CN(C)c1cccc2c(S(=O)(=O)N[C@H](CS(=O)(=O)O)C(=O)O)cccc12. The summed E-state index contributed by atoms with van der Waals surface area (Å²) in [4.78, 5) is 12.8. The van der Waals surface area contributed by atoms with Crippen molar-refractivity contribution in [3.8, 4) is 0 Å². The number of carbonyl (C=O) groups is 1. The first-order chi connectivity index (χ1) is 11.9. The van der Waals surface area contributed by atoms with Crippen molar-refractivity contribution in [3.05, 3.63) is 36.4 Å². The molecule has 0 aliphatic heterocycles. The molecule has 0 amide bonds. The van der Waals surface area contributed by atoms with Crippen molar-refractivity contribution in [1.82, 2.24) is 4.72 Å². The van der Waals surface area contributed by atoms with E-state index in [1.165, 1.54) is 12.1 Å². The molecule has 0 aromatic heterocycles. The molecule has 0 aliphatic carbocycles. The van der Waals surface area contributed by atoms with Crippen LogP contribution in [0.5, 0.6) is 0 Å². The Hall–Kier alpha value is -2.21. The van der Waals surface area contributed by atoms with E-state index in [9.17, 15) is 21.6 Å². The van der Waals surface area contributed by atoms with Crippen molar-refractivity contribution in [2.45, 2.75) is 10.9 Å². The molecule has 0 saturated carbocycles. The molecule has 3 N–H and O–H groups in total. The summed E-state index contributed by atoms with van der Waals surface area (Å²) in [6.45, 7) is 0. The third-order valence-corrected chi connectivity index (χ3v) is 5.89. The van der Waals surface area contributed by atoms with E-state index in [1.807, 2.05) is 4.72 Å². The van der Waals surface area contributed by atoms with Gasteiger partial charge >= 0.3 is 5.97 Å². The summed E-state index contributed by atoms with van der Waals surface area (Å²) in [6, 6.07) is 7.50. The van der Waals surface area contributed by atoms with E-state index < -0.39 is 37.9 Å². The van der Waals surface area contributed by atoms with E-state index in [0.29, 0.717) is 10.8 Å². The van der Waals surface area contributed by atoms with Crippen LogP contribution in [0.25, 0.3) is 10.8 Å². The van der Waals surface area contributed by atoms with Gasteiger partial charge in [0.2, 0.25) is 10.0 Å². The number of carboxylic acid groups (broad SMARTS) is 1. The summed E-state index contributed by atoms with van der Waals surface area (Å²) in [6.07, 6.45) is 0. The topological polar surface area (TPSA) is 141 Å². The molecular weight excluding hydrogens is 384 g/mol. The van der Waals surface area contributed by atoms with Gasteiger partial charge in [0, 0.05) is 30.6 Å². The van der Waals surface area contributed by atoms with Crippen molar-refractivity contribution in [3.63, 3.8) is 0 Å². The van der Waals surface area contributed by atoms with Crippen LogP contribution in [0.1, 0.15) is 0 Å². The number of hydrogen-bond donors (Lipinski definition) is 3. The second-order valence-corrected chi connectivity index (χ2v) is 8.96. The minimum Gasteiger partial charge on any atom is -0.480 e. The molecule has 2 rings (SSSR count). The van der Waals surface area contributed by atoms with Crippen molar-refractivity contribution in [1.29, 1.82) is 0 Å². The van der Waals surface area contributed by atoms with Gasteiger partial charge in [-0.05, 0) is 12.1 Å². The highest BCUT2D eigenvalue weighted by Crippen LogP contribution is 2.30. The first-order valence-electron chi connectivity index (χ1n) is 7.32. The molecule has 1 atom stereocenters. The number of benzene rings is 2. The molecule has 0 fully saturated rings. The summed E-state index contributed by atoms with van der Waals surface area (Å²) in [5.41, 5.74) is 0.757. The zero-order chi connectivity index (χ0) is 19.7. The second-order valence-electron chi connectivity index (χ2n) is 5.78. The van der Waals surface area contributed by atoms with Gasteiger partial charge in [0.1, 0.15) is 11.8 Å². The molecule has 0 aliphatic rings. The van der Waals surface area contributed by atoms with E-state index in [2.05, 4.69) is 0 Å². The average molecular weight is 402 g/mol. The number of sulfonamides is 1. The van der Waals surface area contributed by atoms with Crippen LogP contribution in [-0.2, 0) is 24.9 Å². The maximum Gasteiger partial charge on any atom is 0.322 e. The van der Waals surface area contributed by atoms with Gasteiger partial charge in [-0.25, -0.2) is 8.42 Å². The maximum absolute atomic E-state index is 12.7. The number of rotatable bonds is 7. The predicted molar refractivity (Wildman–Crippen MR) is 96.4 cm³/mol. The molecule has 0 unspecified atom stereocenters. The van der Waals surface area contributed by atoms with Crippen molar-refractivity contribution in [2.24, 2.45) is 0 Å². The van der Waals surface area contributed by atoms with Gasteiger partial charge in [-0.2, -0.15) is 13.1 Å². The molecule has 0 bridgehead atoms. The van der Waals surface area contributed by atoms with Gasteiger partial charge in [-0.1, -0.05) is 24.3 Å². The Morgan fingerprint density at radius 2 is 1.65 bits per heavy atom. The third kappa shape index (κ3) is 4.49. The van der Waals surface area contributed by atoms with Crippen LogP contribution in [0.3, 0.4) is 0 Å². The number of fused-ring (bicyclic) bond motifs is 1. The van der Waals surface area contributed by atoms with Gasteiger partial charge in [0.05, 0.1) is 4.90 Å². The zero-order valence-corrected chi connectivity index (χ0v) is 15.6. The largest absolute Gasteiger partial charge is 0.480 e. The molecule has 11 heteroatoms. The van der Waals surface area contributed by atoms with E-state index in [-0.39, 0.29) is 4.90 Å². The molecular formula is C15H18N2O7S2. The van der Waals surface area contributed by atoms with Crippen LogP contribution >= 0.6 is 0 Å². The van der Waals surface area contributed by atoms with E-state index in [4.69, 9.17) is 9.66 Å². The predicted octanol–water partition coefficient (Wildman–Crippen LogP) is 0.525. The summed E-state index contributed by atoms with van der Waals surface area (Å²) in [5.74, 6) is -3.00. The number of aliphatic carboxylic acids is 1. The standard InChI is InChI=1S/C15H18N2O7S2/c1-17(2)13-7-3-6-11-10(13)5-4-8-14(11)26(23,24)16-12(15(18)19)9-25(20,21)22/h3-8,12,16H,9H2,1-2H3,(H,18,19)(H,20,21,22)/t12-/m1/s1. The molecule has 142 valence electrons. The number of carboxylic acids is 1. The summed E-state index contributed by atoms with van der Waals surface area (Å²) < 4.78 is 57.9. The first kappa shape index (κ1) is 20.1. The summed E-state index contributed by atoms with van der Waals surface area (Å²) >= 11 is 0. The minimum absolute atomic E-state index is 0.194. The van der Waals surface area contributed by atoms with Crippen LogP contribution < -0.4 is 9.62 Å². The molecule has 26 heavy (non-hydrogen) atoms. The number of anilines is 1. The Morgan fingerprint density at radius 1 is 1.08 bits per heavy atom. The fourth-order valence-corrected chi connectivity index (χ4v) is 4.67. The number of nitrogens with one attached hydrogen (secondary N) is 1. The lowest BCUT2D eigenvalue weighted by molar-refractivity contribution is -0.138. The number of nitrogens with zero attached hydrogens (tertiary/aromatic N) is 1. The van der Waals surface area contributed by atoms with Crippen molar-refractivity contribution >= 4 is 42.6 Å². The van der Waals surface area contributed by atoms with E-state index in [1.54, 1.807) is 43.3 Å². The lowest BCUT2D eigenvalue weighted by atomic mass is 10.1. The number of hydrogen-bond acceptors (Lipinski definition) is 6. The molecule has 0 spiro atoms.